The molecule has 1 aliphatic rings. The standard InChI is InChI=1S/C19H24N4O3S/c1-4-23(16-7-5-6-13(2)10-16)19-20-14(3)11-17(22-19)18(24)21-15-8-9-27(25,26)12-15/h5-7,10-11,15H,4,8-9,12H2,1-3H3,(H,21,24). The first-order valence-corrected chi connectivity index (χ1v) is 10.8. The Balaban J connectivity index is 1.86. The van der Waals surface area contributed by atoms with Gasteiger partial charge in [-0.15, -0.1) is 0 Å². The molecular formula is C19H24N4O3S. The molecule has 0 saturated carbocycles. The van der Waals surface area contributed by atoms with Gasteiger partial charge in [0.25, 0.3) is 5.91 Å². The molecule has 7 nitrogen and oxygen atoms in total. The first-order chi connectivity index (χ1) is 12.8. The van der Waals surface area contributed by atoms with Gasteiger partial charge in [0.1, 0.15) is 5.69 Å². The molecule has 0 aliphatic carbocycles. The van der Waals surface area contributed by atoms with Crippen molar-refractivity contribution in [2.75, 3.05) is 23.0 Å². The Kier molecular flexibility index (Phi) is 5.46. The molecule has 1 aromatic carbocycles. The van der Waals surface area contributed by atoms with Gasteiger partial charge >= 0.3 is 0 Å². The van der Waals surface area contributed by atoms with E-state index in [-0.39, 0.29) is 29.1 Å². The van der Waals surface area contributed by atoms with Crippen LogP contribution in [-0.4, -0.2) is 48.4 Å². The molecular weight excluding hydrogens is 364 g/mol. The van der Waals surface area contributed by atoms with Gasteiger partial charge in [0.05, 0.1) is 11.5 Å². The number of carbonyl (C=O) groups is 1. The van der Waals surface area contributed by atoms with Crippen LogP contribution in [0.25, 0.3) is 0 Å². The first kappa shape index (κ1) is 19.3. The van der Waals surface area contributed by atoms with Crippen LogP contribution in [0.2, 0.25) is 0 Å². The van der Waals surface area contributed by atoms with E-state index in [1.54, 1.807) is 6.07 Å². The number of aryl methyl sites for hydroxylation is 2. The molecule has 1 N–H and O–H groups in total. The molecule has 3 rings (SSSR count). The van der Waals surface area contributed by atoms with Crippen LogP contribution in [0.4, 0.5) is 11.6 Å². The van der Waals surface area contributed by atoms with E-state index in [4.69, 9.17) is 0 Å². The number of sulfone groups is 1. The van der Waals surface area contributed by atoms with Crippen LogP contribution in [0.5, 0.6) is 0 Å². The lowest BCUT2D eigenvalue weighted by Crippen LogP contribution is -2.36. The maximum atomic E-state index is 12.6. The van der Waals surface area contributed by atoms with Gasteiger partial charge in [-0.2, -0.15) is 0 Å². The van der Waals surface area contributed by atoms with Gasteiger partial charge in [-0.1, -0.05) is 12.1 Å². The topological polar surface area (TPSA) is 92.3 Å². The van der Waals surface area contributed by atoms with E-state index in [1.807, 2.05) is 49.9 Å². The van der Waals surface area contributed by atoms with Crippen LogP contribution in [0.3, 0.4) is 0 Å². The van der Waals surface area contributed by atoms with Crippen LogP contribution in [0.15, 0.2) is 30.3 Å². The third-order valence-electron chi connectivity index (χ3n) is 4.51. The number of nitrogens with zero attached hydrogens (tertiary/aromatic N) is 3. The lowest BCUT2D eigenvalue weighted by molar-refractivity contribution is 0.0936. The molecule has 8 heteroatoms. The van der Waals surface area contributed by atoms with Gasteiger partial charge in [-0.3, -0.25) is 4.79 Å². The number of benzene rings is 1. The zero-order valence-electron chi connectivity index (χ0n) is 15.8. The summed E-state index contributed by atoms with van der Waals surface area (Å²) in [6, 6.07) is 9.26. The lowest BCUT2D eigenvalue weighted by atomic mass is 10.2. The Bertz CT molecular complexity index is 959. The van der Waals surface area contributed by atoms with Crippen molar-refractivity contribution in [3.8, 4) is 0 Å². The van der Waals surface area contributed by atoms with Crippen LogP contribution >= 0.6 is 0 Å². The molecule has 1 aliphatic heterocycles. The predicted molar refractivity (Wildman–Crippen MR) is 105 cm³/mol. The summed E-state index contributed by atoms with van der Waals surface area (Å²) in [5.41, 5.74) is 3.00. The lowest BCUT2D eigenvalue weighted by Gasteiger charge is -2.22. The highest BCUT2D eigenvalue weighted by Crippen LogP contribution is 2.23. The second-order valence-corrected chi connectivity index (χ2v) is 9.08. The van der Waals surface area contributed by atoms with Crippen molar-refractivity contribution >= 4 is 27.4 Å². The number of anilines is 2. The highest BCUT2D eigenvalue weighted by molar-refractivity contribution is 7.91. The Morgan fingerprint density at radius 2 is 2.04 bits per heavy atom. The first-order valence-electron chi connectivity index (χ1n) is 8.98. The van der Waals surface area contributed by atoms with Gasteiger partial charge in [-0.25, -0.2) is 18.4 Å². The average molecular weight is 388 g/mol. The summed E-state index contributed by atoms with van der Waals surface area (Å²) < 4.78 is 23.2. The smallest absolute Gasteiger partial charge is 0.270 e. The van der Waals surface area contributed by atoms with E-state index >= 15 is 0 Å². The van der Waals surface area contributed by atoms with Crippen molar-refractivity contribution in [1.29, 1.82) is 0 Å². The van der Waals surface area contributed by atoms with Gasteiger partial charge < -0.3 is 10.2 Å². The monoisotopic (exact) mass is 388 g/mol. The van der Waals surface area contributed by atoms with Gasteiger partial charge in [-0.05, 0) is 51.0 Å². The summed E-state index contributed by atoms with van der Waals surface area (Å²) in [5, 5.41) is 2.78. The van der Waals surface area contributed by atoms with Crippen molar-refractivity contribution in [2.24, 2.45) is 0 Å². The zero-order valence-corrected chi connectivity index (χ0v) is 16.6. The second-order valence-electron chi connectivity index (χ2n) is 6.85. The van der Waals surface area contributed by atoms with E-state index in [1.165, 1.54) is 0 Å². The molecule has 2 aromatic rings. The summed E-state index contributed by atoms with van der Waals surface area (Å²) in [6.45, 7) is 6.47. The Morgan fingerprint density at radius 3 is 2.67 bits per heavy atom. The molecule has 1 aromatic heterocycles. The normalized spacial score (nSPS) is 18.3. The third kappa shape index (κ3) is 4.63. The van der Waals surface area contributed by atoms with E-state index in [2.05, 4.69) is 15.3 Å². The van der Waals surface area contributed by atoms with E-state index in [0.29, 0.717) is 24.6 Å². The average Bonchev–Trinajstić information content (AvgIpc) is 2.93. The molecule has 27 heavy (non-hydrogen) atoms. The quantitative estimate of drug-likeness (QED) is 0.844. The van der Waals surface area contributed by atoms with Crippen molar-refractivity contribution < 1.29 is 13.2 Å². The SMILES string of the molecule is CCN(c1cccc(C)c1)c1nc(C)cc(C(=O)NC2CCS(=O)(=O)C2)n1. The number of carbonyl (C=O) groups excluding carboxylic acids is 1. The number of rotatable bonds is 5. The Labute approximate surface area is 159 Å². The minimum Gasteiger partial charge on any atom is -0.347 e. The van der Waals surface area contributed by atoms with Crippen molar-refractivity contribution in [1.82, 2.24) is 15.3 Å². The maximum absolute atomic E-state index is 12.6. The molecule has 1 amide bonds. The van der Waals surface area contributed by atoms with Gasteiger partial charge in [0.2, 0.25) is 5.95 Å². The predicted octanol–water partition coefficient (Wildman–Crippen LogP) is 2.17. The van der Waals surface area contributed by atoms with Crippen molar-refractivity contribution in [3.63, 3.8) is 0 Å². The van der Waals surface area contributed by atoms with E-state index in [0.717, 1.165) is 11.3 Å². The molecule has 2 heterocycles. The van der Waals surface area contributed by atoms with Crippen molar-refractivity contribution in [3.05, 3.63) is 47.3 Å². The highest BCUT2D eigenvalue weighted by Gasteiger charge is 2.29. The number of aromatic nitrogens is 2. The van der Waals surface area contributed by atoms with E-state index < -0.39 is 9.84 Å². The largest absolute Gasteiger partial charge is 0.347 e. The summed E-state index contributed by atoms with van der Waals surface area (Å²) in [7, 11) is -3.05. The van der Waals surface area contributed by atoms with Crippen LogP contribution in [0.1, 0.15) is 35.1 Å². The number of amides is 1. The highest BCUT2D eigenvalue weighted by atomic mass is 32.2. The molecule has 0 spiro atoms. The fourth-order valence-electron chi connectivity index (χ4n) is 3.19. The molecule has 1 unspecified atom stereocenters. The fraction of sp³-hybridized carbons (Fsp3) is 0.421. The molecule has 1 atom stereocenters. The molecule has 1 fully saturated rings. The number of hydrogen-bond donors (Lipinski definition) is 1. The number of nitrogens with one attached hydrogen (secondary N) is 1. The fourth-order valence-corrected chi connectivity index (χ4v) is 4.87. The summed E-state index contributed by atoms with van der Waals surface area (Å²) in [5.74, 6) is 0.180. The van der Waals surface area contributed by atoms with Gasteiger partial charge in [0, 0.05) is 24.0 Å². The van der Waals surface area contributed by atoms with Crippen LogP contribution < -0.4 is 10.2 Å². The third-order valence-corrected chi connectivity index (χ3v) is 6.28. The molecule has 0 bridgehead atoms. The minimum absolute atomic E-state index is 0.0138. The summed E-state index contributed by atoms with van der Waals surface area (Å²) in [4.78, 5) is 23.5. The Hall–Kier alpha value is -2.48. The second kappa shape index (κ2) is 7.64. The summed E-state index contributed by atoms with van der Waals surface area (Å²) in [6.07, 6.45) is 0.440. The minimum atomic E-state index is -3.05. The Morgan fingerprint density at radius 1 is 1.26 bits per heavy atom. The van der Waals surface area contributed by atoms with Crippen molar-refractivity contribution in [2.45, 2.75) is 33.2 Å². The zero-order chi connectivity index (χ0) is 19.6. The molecule has 144 valence electrons. The molecule has 1 saturated heterocycles. The number of hydrogen-bond acceptors (Lipinski definition) is 6. The maximum Gasteiger partial charge on any atom is 0.270 e. The van der Waals surface area contributed by atoms with E-state index in [9.17, 15) is 13.2 Å². The summed E-state index contributed by atoms with van der Waals surface area (Å²) >= 11 is 0. The van der Waals surface area contributed by atoms with Crippen LogP contribution in [-0.2, 0) is 9.84 Å². The van der Waals surface area contributed by atoms with Crippen LogP contribution in [0, 0.1) is 13.8 Å². The molecule has 0 radical (unpaired) electrons. The van der Waals surface area contributed by atoms with Gasteiger partial charge in [0.15, 0.2) is 9.84 Å².